The van der Waals surface area contributed by atoms with Gasteiger partial charge in [0, 0.05) is 28.4 Å². The van der Waals surface area contributed by atoms with Gasteiger partial charge < -0.3 is 10.1 Å². The molecular formula is C23H20ClFN6O2. The van der Waals surface area contributed by atoms with Gasteiger partial charge in [-0.1, -0.05) is 11.6 Å². The first kappa shape index (κ1) is 22.3. The van der Waals surface area contributed by atoms with Gasteiger partial charge in [0.1, 0.15) is 17.2 Å². The number of anilines is 3. The van der Waals surface area contributed by atoms with Crippen LogP contribution in [0, 0.1) is 5.82 Å². The van der Waals surface area contributed by atoms with Crippen LogP contribution in [0.2, 0.25) is 5.02 Å². The maximum absolute atomic E-state index is 14.5. The van der Waals surface area contributed by atoms with Crippen molar-refractivity contribution in [1.29, 1.82) is 0 Å². The molecule has 0 bridgehead atoms. The molecule has 3 heterocycles. The average Bonchev–Trinajstić information content (AvgIpc) is 2.74. The summed E-state index contributed by atoms with van der Waals surface area (Å²) in [5.74, 6) is -0.00390. The predicted octanol–water partition coefficient (Wildman–Crippen LogP) is 5.97. The van der Waals surface area contributed by atoms with Gasteiger partial charge in [0.15, 0.2) is 5.65 Å². The second kappa shape index (κ2) is 8.95. The van der Waals surface area contributed by atoms with Crippen LogP contribution in [0.4, 0.5) is 26.6 Å². The third kappa shape index (κ3) is 5.50. The Labute approximate surface area is 194 Å². The summed E-state index contributed by atoms with van der Waals surface area (Å²) in [5.41, 5.74) is 0.940. The van der Waals surface area contributed by atoms with Crippen molar-refractivity contribution in [3.8, 4) is 11.3 Å². The number of halogens is 2. The van der Waals surface area contributed by atoms with E-state index in [0.29, 0.717) is 33.3 Å². The van der Waals surface area contributed by atoms with E-state index in [1.54, 1.807) is 45.2 Å². The monoisotopic (exact) mass is 466 g/mol. The predicted molar refractivity (Wildman–Crippen MR) is 125 cm³/mol. The van der Waals surface area contributed by atoms with E-state index in [2.05, 4.69) is 30.6 Å². The van der Waals surface area contributed by atoms with E-state index in [0.717, 1.165) is 0 Å². The highest BCUT2D eigenvalue weighted by Crippen LogP contribution is 2.31. The van der Waals surface area contributed by atoms with Crippen molar-refractivity contribution >= 4 is 46.2 Å². The molecule has 0 aliphatic heterocycles. The Bertz CT molecular complexity index is 1340. The van der Waals surface area contributed by atoms with Crippen molar-refractivity contribution in [2.75, 3.05) is 10.6 Å². The van der Waals surface area contributed by atoms with Gasteiger partial charge >= 0.3 is 6.09 Å². The van der Waals surface area contributed by atoms with Crippen LogP contribution in [0.25, 0.3) is 22.3 Å². The van der Waals surface area contributed by atoms with Crippen molar-refractivity contribution in [1.82, 2.24) is 19.9 Å². The van der Waals surface area contributed by atoms with Gasteiger partial charge in [-0.25, -0.2) is 24.1 Å². The molecule has 2 N–H and O–H groups in total. The molecule has 1 aromatic carbocycles. The number of fused-ring (bicyclic) bond motifs is 1. The van der Waals surface area contributed by atoms with Gasteiger partial charge in [0.05, 0.1) is 11.4 Å². The van der Waals surface area contributed by atoms with Gasteiger partial charge in [-0.05, 0) is 63.2 Å². The lowest BCUT2D eigenvalue weighted by Crippen LogP contribution is -2.27. The van der Waals surface area contributed by atoms with Crippen LogP contribution in [-0.4, -0.2) is 31.6 Å². The van der Waals surface area contributed by atoms with Crippen molar-refractivity contribution in [3.63, 3.8) is 0 Å². The first-order valence-electron chi connectivity index (χ1n) is 9.99. The zero-order chi connectivity index (χ0) is 23.6. The molecule has 0 aliphatic carbocycles. The van der Waals surface area contributed by atoms with Gasteiger partial charge in [-0.3, -0.25) is 5.32 Å². The summed E-state index contributed by atoms with van der Waals surface area (Å²) >= 11 is 6.07. The Balaban J connectivity index is 1.69. The first-order valence-corrected chi connectivity index (χ1v) is 10.4. The number of hydrogen-bond donors (Lipinski definition) is 2. The molecule has 3 aromatic heterocycles. The molecule has 0 fully saturated rings. The fraction of sp³-hybridized carbons (Fsp3) is 0.174. The summed E-state index contributed by atoms with van der Waals surface area (Å²) in [7, 11) is 0. The molecule has 0 atom stereocenters. The van der Waals surface area contributed by atoms with Crippen LogP contribution in [0.1, 0.15) is 20.8 Å². The fourth-order valence-electron chi connectivity index (χ4n) is 3.01. The van der Waals surface area contributed by atoms with Crippen molar-refractivity contribution in [3.05, 3.63) is 65.7 Å². The Morgan fingerprint density at radius 3 is 2.67 bits per heavy atom. The Kier molecular flexibility index (Phi) is 6.06. The zero-order valence-corrected chi connectivity index (χ0v) is 18.8. The number of hydrogen-bond acceptors (Lipinski definition) is 7. The topological polar surface area (TPSA) is 102 Å². The number of ether oxygens (including phenoxy) is 1. The van der Waals surface area contributed by atoms with Crippen LogP contribution < -0.4 is 10.6 Å². The number of pyridine rings is 2. The number of rotatable bonds is 4. The number of carbonyl (C=O) groups excluding carboxylic acids is 1. The van der Waals surface area contributed by atoms with E-state index in [4.69, 9.17) is 16.3 Å². The summed E-state index contributed by atoms with van der Waals surface area (Å²) in [6, 6.07) is 11.2. The van der Waals surface area contributed by atoms with Crippen LogP contribution in [0.15, 0.2) is 54.9 Å². The van der Waals surface area contributed by atoms with E-state index in [1.165, 1.54) is 24.4 Å². The Hall–Kier alpha value is -3.85. The highest BCUT2D eigenvalue weighted by Gasteiger charge is 2.17. The minimum absolute atomic E-state index is 0.0619. The molecule has 10 heteroatoms. The smallest absolute Gasteiger partial charge is 0.414 e. The molecule has 33 heavy (non-hydrogen) atoms. The molecule has 0 saturated heterocycles. The number of nitrogens with one attached hydrogen (secondary N) is 2. The fourth-order valence-corrected chi connectivity index (χ4v) is 3.19. The van der Waals surface area contributed by atoms with Crippen LogP contribution >= 0.6 is 11.6 Å². The molecule has 8 nitrogen and oxygen atoms in total. The van der Waals surface area contributed by atoms with Gasteiger partial charge in [-0.2, -0.15) is 4.98 Å². The number of nitrogens with zero attached hydrogens (tertiary/aromatic N) is 4. The van der Waals surface area contributed by atoms with Crippen molar-refractivity contribution < 1.29 is 13.9 Å². The second-order valence-electron chi connectivity index (χ2n) is 8.07. The van der Waals surface area contributed by atoms with Gasteiger partial charge in [-0.15, -0.1) is 0 Å². The number of amides is 1. The highest BCUT2D eigenvalue weighted by atomic mass is 35.5. The molecule has 0 unspecified atom stereocenters. The van der Waals surface area contributed by atoms with Gasteiger partial charge in [0.25, 0.3) is 0 Å². The summed E-state index contributed by atoms with van der Waals surface area (Å²) in [5, 5.41) is 6.76. The van der Waals surface area contributed by atoms with E-state index >= 15 is 0 Å². The zero-order valence-electron chi connectivity index (χ0n) is 18.1. The number of aromatic nitrogens is 4. The quantitative estimate of drug-likeness (QED) is 0.382. The maximum atomic E-state index is 14.5. The minimum Gasteiger partial charge on any atom is -0.444 e. The largest absolute Gasteiger partial charge is 0.444 e. The first-order chi connectivity index (χ1) is 15.7. The van der Waals surface area contributed by atoms with E-state index in [9.17, 15) is 9.18 Å². The molecular weight excluding hydrogens is 447 g/mol. The van der Waals surface area contributed by atoms with E-state index < -0.39 is 17.5 Å². The van der Waals surface area contributed by atoms with Crippen LogP contribution in [0.5, 0.6) is 0 Å². The third-order valence-corrected chi connectivity index (χ3v) is 4.55. The average molecular weight is 467 g/mol. The Morgan fingerprint density at radius 2 is 1.88 bits per heavy atom. The lowest BCUT2D eigenvalue weighted by molar-refractivity contribution is 0.0634. The third-order valence-electron chi connectivity index (χ3n) is 4.32. The SMILES string of the molecule is CC(C)(C)OC(=O)Nc1nccc(Nc2cc(-c3cc(Cl)ccc3F)nc3ncccc23)n1. The summed E-state index contributed by atoms with van der Waals surface area (Å²) < 4.78 is 19.7. The minimum atomic E-state index is -0.670. The summed E-state index contributed by atoms with van der Waals surface area (Å²) in [4.78, 5) is 29.2. The van der Waals surface area contributed by atoms with Gasteiger partial charge in [0.2, 0.25) is 5.95 Å². The lowest BCUT2D eigenvalue weighted by atomic mass is 10.1. The molecule has 1 amide bonds. The second-order valence-corrected chi connectivity index (χ2v) is 8.51. The maximum Gasteiger partial charge on any atom is 0.414 e. The summed E-state index contributed by atoms with van der Waals surface area (Å²) in [6.45, 7) is 5.27. The van der Waals surface area contributed by atoms with Crippen molar-refractivity contribution in [2.45, 2.75) is 26.4 Å². The van der Waals surface area contributed by atoms with Crippen molar-refractivity contribution in [2.24, 2.45) is 0 Å². The molecule has 4 rings (SSSR count). The normalized spacial score (nSPS) is 11.3. The number of benzene rings is 1. The highest BCUT2D eigenvalue weighted by molar-refractivity contribution is 6.30. The molecule has 168 valence electrons. The summed E-state index contributed by atoms with van der Waals surface area (Å²) in [6.07, 6.45) is 2.42. The molecule has 0 aliphatic rings. The molecule has 0 radical (unpaired) electrons. The molecule has 0 saturated carbocycles. The lowest BCUT2D eigenvalue weighted by Gasteiger charge is -2.19. The van der Waals surface area contributed by atoms with Crippen LogP contribution in [-0.2, 0) is 4.74 Å². The molecule has 4 aromatic rings. The van der Waals surface area contributed by atoms with E-state index in [-0.39, 0.29) is 11.5 Å². The standard InChI is InChI=1S/C23H20ClFN6O2/c1-23(2,3)33-22(32)31-21-27-10-8-19(30-21)28-17-12-18(15-11-13(24)6-7-16(15)25)29-20-14(17)5-4-9-26-20/h4-12H,1-3H3,(H2,26,27,28,29,30,31,32). The number of carbonyl (C=O) groups is 1. The Morgan fingerprint density at radius 1 is 1.06 bits per heavy atom. The van der Waals surface area contributed by atoms with Crippen LogP contribution in [0.3, 0.4) is 0 Å². The van der Waals surface area contributed by atoms with E-state index in [1.807, 2.05) is 6.07 Å². The molecule has 0 spiro atoms.